The number of imidazole rings is 1. The average molecular weight is 328 g/mol. The van der Waals surface area contributed by atoms with Crippen molar-refractivity contribution in [3.63, 3.8) is 0 Å². The van der Waals surface area contributed by atoms with Crippen LogP contribution in [-0.4, -0.2) is 34.0 Å². The van der Waals surface area contributed by atoms with Crippen LogP contribution >= 0.6 is 0 Å². The maximum Gasteiger partial charge on any atom is 0.240 e. The molecule has 0 bridgehead atoms. The summed E-state index contributed by atoms with van der Waals surface area (Å²) in [6, 6.07) is 8.24. The molecule has 1 heterocycles. The first-order valence-corrected chi connectivity index (χ1v) is 8.67. The van der Waals surface area contributed by atoms with Gasteiger partial charge < -0.3 is 15.2 Å². The monoisotopic (exact) mass is 328 g/mol. The Balaban J connectivity index is 1.69. The van der Waals surface area contributed by atoms with Crippen LogP contribution in [0.5, 0.6) is 0 Å². The molecular weight excluding hydrogens is 304 g/mol. The Kier molecular flexibility index (Phi) is 5.13. The second kappa shape index (κ2) is 7.47. The average Bonchev–Trinajstić information content (AvgIpc) is 3.33. The predicted octanol–water partition coefficient (Wildman–Crippen LogP) is 1.77. The van der Waals surface area contributed by atoms with Gasteiger partial charge >= 0.3 is 0 Å². The van der Waals surface area contributed by atoms with Crippen molar-refractivity contribution in [2.24, 2.45) is 0 Å². The summed E-state index contributed by atoms with van der Waals surface area (Å²) in [7, 11) is 0. The quantitative estimate of drug-likeness (QED) is 0.725. The second-order valence-electron chi connectivity index (χ2n) is 6.25. The van der Waals surface area contributed by atoms with E-state index in [-0.39, 0.29) is 11.8 Å². The number of nitrogens with zero attached hydrogens (tertiary/aromatic N) is 2. The van der Waals surface area contributed by atoms with Crippen molar-refractivity contribution < 1.29 is 9.59 Å². The number of aromatic nitrogens is 2. The lowest BCUT2D eigenvalue weighted by Crippen LogP contribution is -2.30. The minimum Gasteiger partial charge on any atom is -0.356 e. The predicted molar refractivity (Wildman–Crippen MR) is 92.5 cm³/mol. The van der Waals surface area contributed by atoms with Crippen molar-refractivity contribution in [1.82, 2.24) is 20.2 Å². The van der Waals surface area contributed by atoms with Gasteiger partial charge in [-0.1, -0.05) is 19.1 Å². The van der Waals surface area contributed by atoms with Gasteiger partial charge in [-0.2, -0.15) is 0 Å². The Hall–Kier alpha value is -2.37. The highest BCUT2D eigenvalue weighted by molar-refractivity contribution is 5.81. The molecule has 0 spiro atoms. The standard InChI is InChI=1S/C18H24N4O2/c1-2-17(23)19-11-5-8-16-21-14-6-3-4-7-15(14)22(16)12-18(24)20-13-9-10-13/h3-4,6-7,13H,2,5,8-12H2,1H3,(H,19,23)(H,20,24). The number of carbonyl (C=O) groups excluding carboxylic acids is 2. The van der Waals surface area contributed by atoms with Crippen molar-refractivity contribution in [2.45, 2.75) is 51.6 Å². The number of nitrogens with one attached hydrogen (secondary N) is 2. The van der Waals surface area contributed by atoms with Crippen LogP contribution in [-0.2, 0) is 22.6 Å². The summed E-state index contributed by atoms with van der Waals surface area (Å²) in [6.45, 7) is 2.77. The van der Waals surface area contributed by atoms with Gasteiger partial charge in [0.2, 0.25) is 11.8 Å². The van der Waals surface area contributed by atoms with Crippen molar-refractivity contribution in [3.8, 4) is 0 Å². The van der Waals surface area contributed by atoms with Gasteiger partial charge in [0.1, 0.15) is 12.4 Å². The summed E-state index contributed by atoms with van der Waals surface area (Å²) >= 11 is 0. The molecule has 0 unspecified atom stereocenters. The lowest BCUT2D eigenvalue weighted by Gasteiger charge is -2.10. The summed E-state index contributed by atoms with van der Waals surface area (Å²) in [5.41, 5.74) is 1.89. The van der Waals surface area contributed by atoms with Crippen LogP contribution in [0.3, 0.4) is 0 Å². The van der Waals surface area contributed by atoms with E-state index in [0.29, 0.717) is 25.6 Å². The number of amides is 2. The molecule has 0 saturated heterocycles. The van der Waals surface area contributed by atoms with Gasteiger partial charge in [0, 0.05) is 25.4 Å². The molecule has 0 aliphatic heterocycles. The summed E-state index contributed by atoms with van der Waals surface area (Å²) in [6.07, 6.45) is 4.20. The molecule has 1 aliphatic carbocycles. The van der Waals surface area contributed by atoms with Crippen molar-refractivity contribution in [2.75, 3.05) is 6.54 Å². The molecule has 0 atom stereocenters. The summed E-state index contributed by atoms with van der Waals surface area (Å²) in [5, 5.41) is 5.91. The molecule has 3 rings (SSSR count). The Labute approximate surface area is 141 Å². The highest BCUT2D eigenvalue weighted by atomic mass is 16.2. The number of hydrogen-bond acceptors (Lipinski definition) is 3. The first-order valence-electron chi connectivity index (χ1n) is 8.67. The van der Waals surface area contributed by atoms with Crippen molar-refractivity contribution >= 4 is 22.8 Å². The van der Waals surface area contributed by atoms with Crippen LogP contribution in [0.25, 0.3) is 11.0 Å². The fourth-order valence-corrected chi connectivity index (χ4v) is 2.74. The number of benzene rings is 1. The van der Waals surface area contributed by atoms with Crippen LogP contribution in [0.1, 0.15) is 38.4 Å². The topological polar surface area (TPSA) is 76.0 Å². The van der Waals surface area contributed by atoms with E-state index < -0.39 is 0 Å². The van der Waals surface area contributed by atoms with E-state index in [1.165, 1.54) is 0 Å². The number of rotatable bonds is 8. The maximum atomic E-state index is 12.2. The molecule has 6 heteroatoms. The van der Waals surface area contributed by atoms with Crippen LogP contribution < -0.4 is 10.6 Å². The molecule has 128 valence electrons. The van der Waals surface area contributed by atoms with Gasteiger partial charge in [0.25, 0.3) is 0 Å². The minimum absolute atomic E-state index is 0.0428. The van der Waals surface area contributed by atoms with Gasteiger partial charge in [-0.3, -0.25) is 9.59 Å². The molecule has 0 radical (unpaired) electrons. The number of aryl methyl sites for hydroxylation is 1. The van der Waals surface area contributed by atoms with Gasteiger partial charge in [0.05, 0.1) is 11.0 Å². The third-order valence-electron chi connectivity index (χ3n) is 4.20. The number of carbonyl (C=O) groups is 2. The van der Waals surface area contributed by atoms with Gasteiger partial charge in [-0.05, 0) is 31.4 Å². The highest BCUT2D eigenvalue weighted by Crippen LogP contribution is 2.20. The van der Waals surface area contributed by atoms with Crippen LogP contribution in [0.2, 0.25) is 0 Å². The third-order valence-corrected chi connectivity index (χ3v) is 4.20. The zero-order valence-electron chi connectivity index (χ0n) is 14.0. The largest absolute Gasteiger partial charge is 0.356 e. The Bertz CT molecular complexity index is 734. The van der Waals surface area contributed by atoms with Crippen LogP contribution in [0.4, 0.5) is 0 Å². The Morgan fingerprint density at radius 1 is 1.25 bits per heavy atom. The smallest absolute Gasteiger partial charge is 0.240 e. The summed E-state index contributed by atoms with van der Waals surface area (Å²) in [4.78, 5) is 28.2. The van der Waals surface area contributed by atoms with Gasteiger partial charge in [-0.25, -0.2) is 4.98 Å². The number of hydrogen-bond donors (Lipinski definition) is 2. The van der Waals surface area contributed by atoms with Crippen molar-refractivity contribution in [3.05, 3.63) is 30.1 Å². The first-order chi connectivity index (χ1) is 11.7. The molecule has 1 aliphatic rings. The Morgan fingerprint density at radius 3 is 2.79 bits per heavy atom. The van der Waals surface area contributed by atoms with E-state index in [1.807, 2.05) is 35.8 Å². The lowest BCUT2D eigenvalue weighted by molar-refractivity contribution is -0.122. The van der Waals surface area contributed by atoms with Crippen LogP contribution in [0, 0.1) is 0 Å². The Morgan fingerprint density at radius 2 is 2.04 bits per heavy atom. The van der Waals surface area contributed by atoms with E-state index in [4.69, 9.17) is 0 Å². The van der Waals surface area contributed by atoms with E-state index in [0.717, 1.165) is 42.5 Å². The normalized spacial score (nSPS) is 13.9. The van der Waals surface area contributed by atoms with Crippen molar-refractivity contribution in [1.29, 1.82) is 0 Å². The summed E-state index contributed by atoms with van der Waals surface area (Å²) < 4.78 is 1.99. The molecule has 2 aromatic rings. The van der Waals surface area contributed by atoms with Gasteiger partial charge in [0.15, 0.2) is 0 Å². The molecule has 1 saturated carbocycles. The first kappa shape index (κ1) is 16.5. The molecule has 6 nitrogen and oxygen atoms in total. The molecular formula is C18H24N4O2. The number of fused-ring (bicyclic) bond motifs is 1. The van der Waals surface area contributed by atoms with Crippen LogP contribution in [0.15, 0.2) is 24.3 Å². The zero-order chi connectivity index (χ0) is 16.9. The van der Waals surface area contributed by atoms with E-state index >= 15 is 0 Å². The molecule has 1 aromatic heterocycles. The molecule has 2 N–H and O–H groups in total. The number of para-hydroxylation sites is 2. The molecule has 1 aromatic carbocycles. The van der Waals surface area contributed by atoms with E-state index in [9.17, 15) is 9.59 Å². The second-order valence-corrected chi connectivity index (χ2v) is 6.25. The van der Waals surface area contributed by atoms with E-state index in [2.05, 4.69) is 15.6 Å². The third kappa shape index (κ3) is 4.13. The minimum atomic E-state index is 0.0428. The van der Waals surface area contributed by atoms with E-state index in [1.54, 1.807) is 0 Å². The lowest BCUT2D eigenvalue weighted by atomic mass is 10.3. The highest BCUT2D eigenvalue weighted by Gasteiger charge is 2.24. The zero-order valence-corrected chi connectivity index (χ0v) is 14.0. The maximum absolute atomic E-state index is 12.2. The molecule has 1 fully saturated rings. The van der Waals surface area contributed by atoms with Gasteiger partial charge in [-0.15, -0.1) is 0 Å². The molecule has 24 heavy (non-hydrogen) atoms. The fraction of sp³-hybridized carbons (Fsp3) is 0.500. The fourth-order valence-electron chi connectivity index (χ4n) is 2.74. The molecule has 2 amide bonds. The summed E-state index contributed by atoms with van der Waals surface area (Å²) in [5.74, 6) is 1.00. The SMILES string of the molecule is CCC(=O)NCCCc1nc2ccccc2n1CC(=O)NC1CC1.